The van der Waals surface area contributed by atoms with Gasteiger partial charge in [0.2, 0.25) is 10.0 Å². The van der Waals surface area contributed by atoms with E-state index < -0.39 is 22.0 Å². The lowest BCUT2D eigenvalue weighted by molar-refractivity contribution is -0.121. The number of sulfonamides is 1. The number of anilines is 1. The summed E-state index contributed by atoms with van der Waals surface area (Å²) >= 11 is 0. The first-order valence-electron chi connectivity index (χ1n) is 8.16. The van der Waals surface area contributed by atoms with Crippen molar-refractivity contribution in [3.8, 4) is 0 Å². The molecule has 0 saturated carbocycles. The van der Waals surface area contributed by atoms with Gasteiger partial charge in [-0.1, -0.05) is 48.0 Å². The van der Waals surface area contributed by atoms with Gasteiger partial charge < -0.3 is 0 Å². The van der Waals surface area contributed by atoms with E-state index in [9.17, 15) is 13.2 Å². The van der Waals surface area contributed by atoms with E-state index in [1.54, 1.807) is 37.3 Å². The molecule has 6 nitrogen and oxygen atoms in total. The number of hydrazone groups is 1. The average Bonchev–Trinajstić information content (AvgIpc) is 2.59. The largest absolute Gasteiger partial charge is 0.271 e. The van der Waals surface area contributed by atoms with Gasteiger partial charge in [-0.3, -0.25) is 9.10 Å². The van der Waals surface area contributed by atoms with Crippen molar-refractivity contribution in [1.29, 1.82) is 0 Å². The summed E-state index contributed by atoms with van der Waals surface area (Å²) in [5, 5.41) is 4.10. The Balaban J connectivity index is 2.19. The van der Waals surface area contributed by atoms with Gasteiger partial charge in [-0.2, -0.15) is 5.10 Å². The predicted octanol–water partition coefficient (Wildman–Crippen LogP) is 2.69. The molecule has 0 spiro atoms. The number of rotatable bonds is 6. The van der Waals surface area contributed by atoms with Crippen molar-refractivity contribution in [2.45, 2.75) is 26.8 Å². The van der Waals surface area contributed by atoms with Gasteiger partial charge in [0.15, 0.2) is 0 Å². The summed E-state index contributed by atoms with van der Waals surface area (Å²) in [6.45, 7) is 5.30. The zero-order valence-electron chi connectivity index (χ0n) is 15.3. The molecule has 26 heavy (non-hydrogen) atoms. The van der Waals surface area contributed by atoms with Crippen molar-refractivity contribution in [3.05, 3.63) is 65.7 Å². The number of hydrogen-bond acceptors (Lipinski definition) is 4. The summed E-state index contributed by atoms with van der Waals surface area (Å²) in [6, 6.07) is 15.3. The average molecular weight is 373 g/mol. The Morgan fingerprint density at radius 3 is 2.19 bits per heavy atom. The maximum atomic E-state index is 12.5. The van der Waals surface area contributed by atoms with Crippen molar-refractivity contribution in [2.75, 3.05) is 10.6 Å². The molecule has 2 aromatic carbocycles. The Kier molecular flexibility index (Phi) is 6.15. The van der Waals surface area contributed by atoms with Crippen LogP contribution in [0.2, 0.25) is 0 Å². The minimum Gasteiger partial charge on any atom is -0.271 e. The molecule has 0 unspecified atom stereocenters. The standard InChI is InChI=1S/C19H23N3O3S/c1-14-10-12-17(13-11-14)15(2)20-21-19(23)16(3)22(26(4,24)25)18-8-6-5-7-9-18/h5-13,16H,1-4H3,(H,21,23)/b20-15-/t16-/m1/s1. The van der Waals surface area contributed by atoms with Gasteiger partial charge >= 0.3 is 0 Å². The molecule has 2 rings (SSSR count). The Labute approximate surface area is 154 Å². The molecule has 1 atom stereocenters. The van der Waals surface area contributed by atoms with E-state index in [2.05, 4.69) is 10.5 Å². The summed E-state index contributed by atoms with van der Waals surface area (Å²) in [5.41, 5.74) is 5.54. The molecule has 1 amide bonds. The summed E-state index contributed by atoms with van der Waals surface area (Å²) in [7, 11) is -3.63. The number of amides is 1. The summed E-state index contributed by atoms with van der Waals surface area (Å²) in [6.07, 6.45) is 1.07. The summed E-state index contributed by atoms with van der Waals surface area (Å²) in [5.74, 6) is -0.509. The van der Waals surface area contributed by atoms with E-state index in [1.807, 2.05) is 31.2 Å². The third kappa shape index (κ3) is 4.92. The number of carbonyl (C=O) groups is 1. The molecular weight excluding hydrogens is 350 g/mol. The predicted molar refractivity (Wildman–Crippen MR) is 105 cm³/mol. The molecule has 0 fully saturated rings. The number of aryl methyl sites for hydroxylation is 1. The summed E-state index contributed by atoms with van der Waals surface area (Å²) in [4.78, 5) is 12.5. The zero-order valence-corrected chi connectivity index (χ0v) is 16.1. The van der Waals surface area contributed by atoms with E-state index in [0.717, 1.165) is 21.7 Å². The van der Waals surface area contributed by atoms with Crippen LogP contribution >= 0.6 is 0 Å². The molecule has 0 radical (unpaired) electrons. The molecule has 0 bridgehead atoms. The second-order valence-electron chi connectivity index (χ2n) is 6.11. The maximum Gasteiger partial charge on any atom is 0.263 e. The van der Waals surface area contributed by atoms with Crippen LogP contribution in [-0.4, -0.2) is 32.3 Å². The first-order valence-corrected chi connectivity index (χ1v) is 10.0. The molecule has 7 heteroatoms. The molecule has 0 aliphatic heterocycles. The molecule has 0 aliphatic rings. The monoisotopic (exact) mass is 373 g/mol. The van der Waals surface area contributed by atoms with Crippen LogP contribution in [0.3, 0.4) is 0 Å². The van der Waals surface area contributed by atoms with Crippen LogP contribution in [0.15, 0.2) is 59.7 Å². The fourth-order valence-electron chi connectivity index (χ4n) is 2.48. The van der Waals surface area contributed by atoms with Gasteiger partial charge in [0.05, 0.1) is 17.7 Å². The van der Waals surface area contributed by atoms with Crippen LogP contribution in [0.5, 0.6) is 0 Å². The van der Waals surface area contributed by atoms with E-state index in [1.165, 1.54) is 6.92 Å². The van der Waals surface area contributed by atoms with Crippen LogP contribution in [0.1, 0.15) is 25.0 Å². The van der Waals surface area contributed by atoms with E-state index in [0.29, 0.717) is 11.4 Å². The highest BCUT2D eigenvalue weighted by atomic mass is 32.2. The molecule has 138 valence electrons. The van der Waals surface area contributed by atoms with Crippen molar-refractivity contribution >= 4 is 27.3 Å². The third-order valence-electron chi connectivity index (χ3n) is 3.90. The van der Waals surface area contributed by atoms with Gasteiger partial charge in [-0.25, -0.2) is 13.8 Å². The van der Waals surface area contributed by atoms with E-state index >= 15 is 0 Å². The van der Waals surface area contributed by atoms with Gasteiger partial charge in [-0.05, 0) is 38.5 Å². The Morgan fingerprint density at radius 1 is 1.08 bits per heavy atom. The Morgan fingerprint density at radius 2 is 1.65 bits per heavy atom. The number of benzene rings is 2. The van der Waals surface area contributed by atoms with Crippen molar-refractivity contribution in [2.24, 2.45) is 5.10 Å². The van der Waals surface area contributed by atoms with Crippen molar-refractivity contribution in [3.63, 3.8) is 0 Å². The smallest absolute Gasteiger partial charge is 0.263 e. The lowest BCUT2D eigenvalue weighted by Gasteiger charge is -2.27. The van der Waals surface area contributed by atoms with E-state index in [4.69, 9.17) is 0 Å². The molecule has 0 saturated heterocycles. The SMILES string of the molecule is C/C(=N/NC(=O)[C@@H](C)N(c1ccccc1)S(C)(=O)=O)c1ccc(C)cc1. The minimum atomic E-state index is -3.63. The minimum absolute atomic E-state index is 0.428. The maximum absolute atomic E-state index is 12.5. The highest BCUT2D eigenvalue weighted by molar-refractivity contribution is 7.92. The van der Waals surface area contributed by atoms with Gasteiger partial charge in [0, 0.05) is 0 Å². The fraction of sp³-hybridized carbons (Fsp3) is 0.263. The lowest BCUT2D eigenvalue weighted by Crippen LogP contribution is -2.46. The number of nitrogens with one attached hydrogen (secondary N) is 1. The zero-order chi connectivity index (χ0) is 19.3. The van der Waals surface area contributed by atoms with Crippen LogP contribution in [0.25, 0.3) is 0 Å². The fourth-order valence-corrected chi connectivity index (χ4v) is 3.65. The molecule has 0 heterocycles. The summed E-state index contributed by atoms with van der Waals surface area (Å²) < 4.78 is 25.4. The molecule has 0 aromatic heterocycles. The van der Waals surface area contributed by atoms with Gasteiger partial charge in [0.1, 0.15) is 6.04 Å². The number of para-hydroxylation sites is 1. The number of carbonyl (C=O) groups excluding carboxylic acids is 1. The first kappa shape index (κ1) is 19.7. The van der Waals surface area contributed by atoms with Gasteiger partial charge in [0.25, 0.3) is 5.91 Å². The number of nitrogens with zero attached hydrogens (tertiary/aromatic N) is 2. The Hall–Kier alpha value is -2.67. The lowest BCUT2D eigenvalue weighted by atomic mass is 10.1. The topological polar surface area (TPSA) is 78.8 Å². The second kappa shape index (κ2) is 8.14. The van der Waals surface area contributed by atoms with Crippen molar-refractivity contribution < 1.29 is 13.2 Å². The second-order valence-corrected chi connectivity index (χ2v) is 7.97. The number of hydrogen-bond donors (Lipinski definition) is 1. The van der Waals surface area contributed by atoms with Crippen LogP contribution in [-0.2, 0) is 14.8 Å². The third-order valence-corrected chi connectivity index (χ3v) is 5.14. The Bertz CT molecular complexity index is 891. The van der Waals surface area contributed by atoms with Crippen LogP contribution < -0.4 is 9.73 Å². The molecular formula is C19H23N3O3S. The molecule has 2 aromatic rings. The van der Waals surface area contributed by atoms with Crippen molar-refractivity contribution in [1.82, 2.24) is 5.43 Å². The van der Waals surface area contributed by atoms with E-state index in [-0.39, 0.29) is 0 Å². The van der Waals surface area contributed by atoms with Crippen LogP contribution in [0.4, 0.5) is 5.69 Å². The quantitative estimate of drug-likeness (QED) is 0.625. The van der Waals surface area contributed by atoms with Gasteiger partial charge in [-0.15, -0.1) is 0 Å². The normalized spacial score (nSPS) is 13.2. The highest BCUT2D eigenvalue weighted by Gasteiger charge is 2.28. The molecule has 1 N–H and O–H groups in total. The molecule has 0 aliphatic carbocycles. The van der Waals surface area contributed by atoms with Crippen LogP contribution in [0, 0.1) is 6.92 Å². The highest BCUT2D eigenvalue weighted by Crippen LogP contribution is 2.20. The first-order chi connectivity index (χ1) is 12.2.